The van der Waals surface area contributed by atoms with Crippen molar-refractivity contribution in [1.29, 1.82) is 0 Å². The molecule has 0 N–H and O–H groups in total. The van der Waals surface area contributed by atoms with Crippen LogP contribution >= 0.6 is 0 Å². The summed E-state index contributed by atoms with van der Waals surface area (Å²) in [6, 6.07) is 1.33. The van der Waals surface area contributed by atoms with Crippen molar-refractivity contribution in [3.63, 3.8) is 0 Å². The van der Waals surface area contributed by atoms with Gasteiger partial charge in [0.25, 0.3) is 0 Å². The van der Waals surface area contributed by atoms with Crippen LogP contribution in [0.15, 0.2) is 0 Å². The fourth-order valence-electron chi connectivity index (χ4n) is 0.738. The smallest absolute Gasteiger partial charge is 0.175 e. The molecule has 0 spiro atoms. The standard InChI is InChI=1S/C7H22OSi3/c1-6-10(9)8-11(4,5)7(2)3/h7,10H,6H2,1-5,9H3. The third kappa shape index (κ3) is 4.25. The van der Waals surface area contributed by atoms with Gasteiger partial charge in [0.2, 0.25) is 0 Å². The molecule has 0 radical (unpaired) electrons. The molecule has 4 heteroatoms. The Morgan fingerprint density at radius 1 is 1.45 bits per heavy atom. The molecular formula is C7H22OSi3. The van der Waals surface area contributed by atoms with Crippen molar-refractivity contribution in [2.75, 3.05) is 0 Å². The van der Waals surface area contributed by atoms with Crippen LogP contribution in [-0.2, 0) is 4.12 Å². The fraction of sp³-hybridized carbons (Fsp3) is 1.00. The first-order chi connectivity index (χ1) is 4.90. The van der Waals surface area contributed by atoms with Gasteiger partial charge in [-0.05, 0) is 24.7 Å². The lowest BCUT2D eigenvalue weighted by Crippen LogP contribution is -2.40. The Morgan fingerprint density at radius 3 is 2.18 bits per heavy atom. The van der Waals surface area contributed by atoms with E-state index in [0.29, 0.717) is 0 Å². The number of rotatable bonds is 4. The summed E-state index contributed by atoms with van der Waals surface area (Å²) < 4.78 is 6.19. The molecule has 0 aliphatic rings. The molecule has 0 aliphatic carbocycles. The van der Waals surface area contributed by atoms with E-state index in [1.54, 1.807) is 0 Å². The first kappa shape index (κ1) is 11.6. The molecule has 11 heavy (non-hydrogen) atoms. The Hall–Kier alpha value is 0.611. The van der Waals surface area contributed by atoms with Crippen molar-refractivity contribution in [3.05, 3.63) is 0 Å². The van der Waals surface area contributed by atoms with E-state index in [9.17, 15) is 0 Å². The summed E-state index contributed by atoms with van der Waals surface area (Å²) in [7, 11) is -0.612. The van der Waals surface area contributed by atoms with Crippen LogP contribution in [0.5, 0.6) is 0 Å². The van der Waals surface area contributed by atoms with Gasteiger partial charge >= 0.3 is 0 Å². The molecule has 0 aromatic heterocycles. The highest BCUT2D eigenvalue weighted by molar-refractivity contribution is 7.03. The largest absolute Gasteiger partial charge is 0.461 e. The lowest BCUT2D eigenvalue weighted by atomic mass is 10.6. The molecule has 1 nitrogen and oxygen atoms in total. The van der Waals surface area contributed by atoms with E-state index in [-0.39, 0.29) is 0 Å². The van der Waals surface area contributed by atoms with Crippen LogP contribution in [0.25, 0.3) is 0 Å². The molecule has 1 atom stereocenters. The molecular weight excluding hydrogens is 184 g/mol. The van der Waals surface area contributed by atoms with Crippen molar-refractivity contribution in [2.45, 2.75) is 45.5 Å². The SMILES string of the molecule is CC[SiH]([SiH3])O[Si](C)(C)C(C)C. The lowest BCUT2D eigenvalue weighted by molar-refractivity contribution is 0.560. The molecule has 0 amide bonds. The second-order valence-electron chi connectivity index (χ2n) is 4.09. The van der Waals surface area contributed by atoms with Gasteiger partial charge in [0.05, 0.1) is 0 Å². The van der Waals surface area contributed by atoms with Crippen LogP contribution in [0.3, 0.4) is 0 Å². The monoisotopic (exact) mass is 206 g/mol. The van der Waals surface area contributed by atoms with Gasteiger partial charge < -0.3 is 4.12 Å². The number of hydrogen-bond acceptors (Lipinski definition) is 1. The molecule has 0 saturated carbocycles. The summed E-state index contributed by atoms with van der Waals surface area (Å²) in [5.41, 5.74) is 0.776. The molecule has 0 rings (SSSR count). The Balaban J connectivity index is 3.90. The Morgan fingerprint density at radius 2 is 1.91 bits per heavy atom. The minimum atomic E-state index is -1.27. The highest BCUT2D eigenvalue weighted by Crippen LogP contribution is 2.21. The van der Waals surface area contributed by atoms with Crippen LogP contribution in [0.1, 0.15) is 20.8 Å². The van der Waals surface area contributed by atoms with Crippen molar-refractivity contribution in [3.8, 4) is 0 Å². The van der Waals surface area contributed by atoms with Crippen LogP contribution in [0, 0.1) is 0 Å². The van der Waals surface area contributed by atoms with E-state index in [2.05, 4.69) is 33.9 Å². The van der Waals surface area contributed by atoms with Crippen molar-refractivity contribution >= 4 is 26.6 Å². The minimum Gasteiger partial charge on any atom is -0.461 e. The molecule has 0 bridgehead atoms. The second-order valence-corrected chi connectivity index (χ2v) is 15.7. The molecule has 0 heterocycles. The predicted octanol–water partition coefficient (Wildman–Crippen LogP) is 1.22. The molecule has 0 aromatic carbocycles. The number of hydrogen-bond donors (Lipinski definition) is 0. The van der Waals surface area contributed by atoms with E-state index < -0.39 is 16.9 Å². The van der Waals surface area contributed by atoms with Gasteiger partial charge in [0.1, 0.15) is 8.56 Å². The Kier molecular flexibility index (Phi) is 4.85. The van der Waals surface area contributed by atoms with Crippen molar-refractivity contribution in [1.82, 2.24) is 0 Å². The average Bonchev–Trinajstić information content (AvgIpc) is 1.86. The molecule has 0 aliphatic heterocycles. The molecule has 0 saturated heterocycles. The van der Waals surface area contributed by atoms with Gasteiger partial charge in [-0.15, -0.1) is 0 Å². The normalized spacial score (nSPS) is 15.8. The molecule has 0 aromatic rings. The maximum Gasteiger partial charge on any atom is 0.175 e. The summed E-state index contributed by atoms with van der Waals surface area (Å²) in [6.07, 6.45) is 0. The minimum absolute atomic E-state index is 0.662. The van der Waals surface area contributed by atoms with Crippen LogP contribution in [0.4, 0.5) is 0 Å². The topological polar surface area (TPSA) is 9.23 Å². The third-order valence-electron chi connectivity index (χ3n) is 2.47. The van der Waals surface area contributed by atoms with Gasteiger partial charge in [-0.2, -0.15) is 0 Å². The summed E-state index contributed by atoms with van der Waals surface area (Å²) in [4.78, 5) is 0. The highest BCUT2D eigenvalue weighted by atomic mass is 29.2. The van der Waals surface area contributed by atoms with Crippen LogP contribution in [-0.4, -0.2) is 26.6 Å². The zero-order chi connectivity index (χ0) is 9.07. The summed E-state index contributed by atoms with van der Waals surface area (Å²) >= 11 is 0. The molecule has 68 valence electrons. The van der Waals surface area contributed by atoms with Gasteiger partial charge in [-0.25, -0.2) is 0 Å². The quantitative estimate of drug-likeness (QED) is 0.629. The van der Waals surface area contributed by atoms with Gasteiger partial charge in [-0.3, -0.25) is 0 Å². The predicted molar refractivity (Wildman–Crippen MR) is 61.2 cm³/mol. The summed E-state index contributed by atoms with van der Waals surface area (Å²) in [5.74, 6) is 0. The Labute approximate surface area is 76.6 Å². The zero-order valence-electron chi connectivity index (χ0n) is 8.77. The van der Waals surface area contributed by atoms with Gasteiger partial charge in [0.15, 0.2) is 8.32 Å². The van der Waals surface area contributed by atoms with E-state index in [0.717, 1.165) is 5.54 Å². The lowest BCUT2D eigenvalue weighted by Gasteiger charge is -2.30. The van der Waals surface area contributed by atoms with Crippen molar-refractivity contribution < 1.29 is 4.12 Å². The second kappa shape index (κ2) is 4.59. The van der Waals surface area contributed by atoms with Crippen LogP contribution in [0.2, 0.25) is 24.7 Å². The van der Waals surface area contributed by atoms with Crippen LogP contribution < -0.4 is 0 Å². The van der Waals surface area contributed by atoms with E-state index >= 15 is 0 Å². The maximum atomic E-state index is 6.19. The summed E-state index contributed by atoms with van der Waals surface area (Å²) in [5, 5.41) is 0. The first-order valence-electron chi connectivity index (χ1n) is 4.58. The average molecular weight is 207 g/mol. The summed E-state index contributed by atoms with van der Waals surface area (Å²) in [6.45, 7) is 11.6. The maximum absolute atomic E-state index is 6.19. The van der Waals surface area contributed by atoms with E-state index in [1.807, 2.05) is 0 Å². The van der Waals surface area contributed by atoms with Gasteiger partial charge in [0, 0.05) is 9.76 Å². The molecule has 1 unspecified atom stereocenters. The third-order valence-corrected chi connectivity index (χ3v) is 15.0. The zero-order valence-corrected chi connectivity index (χ0v) is 12.9. The highest BCUT2D eigenvalue weighted by Gasteiger charge is 2.27. The van der Waals surface area contributed by atoms with Gasteiger partial charge in [-0.1, -0.05) is 20.8 Å². The fourth-order valence-corrected chi connectivity index (χ4v) is 12.1. The van der Waals surface area contributed by atoms with E-state index in [4.69, 9.17) is 4.12 Å². The van der Waals surface area contributed by atoms with Crippen molar-refractivity contribution in [2.24, 2.45) is 0 Å². The Bertz CT molecular complexity index is 114. The van der Waals surface area contributed by atoms with E-state index in [1.165, 1.54) is 15.8 Å². The first-order valence-corrected chi connectivity index (χ1v) is 13.5. The molecule has 0 fully saturated rings.